The van der Waals surface area contributed by atoms with Crippen LogP contribution in [0.15, 0.2) is 65.9 Å². The summed E-state index contributed by atoms with van der Waals surface area (Å²) < 4.78 is 0. The van der Waals surface area contributed by atoms with Gasteiger partial charge in [0.1, 0.15) is 0 Å². The van der Waals surface area contributed by atoms with Crippen LogP contribution >= 0.6 is 0 Å². The molecule has 0 bridgehead atoms. The minimum atomic E-state index is -0.548. The molecule has 0 spiro atoms. The molecule has 1 aliphatic carbocycles. The summed E-state index contributed by atoms with van der Waals surface area (Å²) in [6.45, 7) is 6.54. The Morgan fingerprint density at radius 1 is 1.14 bits per heavy atom. The number of aromatic amines is 1. The van der Waals surface area contributed by atoms with Crippen LogP contribution in [-0.4, -0.2) is 28.1 Å². The van der Waals surface area contributed by atoms with E-state index in [1.807, 2.05) is 18.1 Å². The second-order valence-corrected chi connectivity index (χ2v) is 8.21. The van der Waals surface area contributed by atoms with Crippen molar-refractivity contribution < 1.29 is 0 Å². The van der Waals surface area contributed by atoms with E-state index in [0.717, 1.165) is 28.1 Å². The highest BCUT2D eigenvalue weighted by Crippen LogP contribution is 2.48. The van der Waals surface area contributed by atoms with Crippen LogP contribution in [0.3, 0.4) is 0 Å². The first kappa shape index (κ1) is 17.0. The van der Waals surface area contributed by atoms with E-state index in [9.17, 15) is 0 Å². The largest absolute Gasteiger partial charge is 0.370 e. The molecule has 0 amide bonds. The van der Waals surface area contributed by atoms with E-state index in [2.05, 4.69) is 66.2 Å². The first-order valence-electron chi connectivity index (χ1n) is 9.78. The van der Waals surface area contributed by atoms with Crippen molar-refractivity contribution in [1.82, 2.24) is 15.1 Å². The molecule has 5 nitrogen and oxygen atoms in total. The standard InChI is InChI=1S/C23H25N5/c1-14-21(17-8-6-16(7-9-17)15-4-5-15)23(2,26-22(24)28(14)3)19-11-10-18-13-25-27-20(18)12-19/h6-13,15,21H,1,4-5H2,2-3H3,(H2,24,26)(H,25,27)/t21-,23-/m1/s1. The predicted octanol–water partition coefficient (Wildman–Crippen LogP) is 4.21. The van der Waals surface area contributed by atoms with Crippen molar-refractivity contribution in [2.45, 2.75) is 37.1 Å². The molecule has 1 saturated carbocycles. The lowest BCUT2D eigenvalue weighted by Gasteiger charge is -2.44. The number of fused-ring (bicyclic) bond motifs is 1. The summed E-state index contributed by atoms with van der Waals surface area (Å²) in [7, 11) is 1.93. The number of guanidine groups is 1. The average Bonchev–Trinajstić information content (AvgIpc) is 3.43. The molecule has 5 heteroatoms. The third-order valence-electron chi connectivity index (χ3n) is 6.36. The fourth-order valence-electron chi connectivity index (χ4n) is 4.42. The van der Waals surface area contributed by atoms with E-state index in [4.69, 9.17) is 10.7 Å². The third-order valence-corrected chi connectivity index (χ3v) is 6.36. The molecular formula is C23H25N5. The van der Waals surface area contributed by atoms with E-state index in [-0.39, 0.29) is 5.92 Å². The zero-order chi connectivity index (χ0) is 19.5. The second-order valence-electron chi connectivity index (χ2n) is 8.21. The van der Waals surface area contributed by atoms with Gasteiger partial charge in [-0.05, 0) is 48.4 Å². The lowest BCUT2D eigenvalue weighted by Crippen LogP contribution is -2.47. The van der Waals surface area contributed by atoms with Gasteiger partial charge in [-0.1, -0.05) is 43.0 Å². The molecule has 0 radical (unpaired) electrons. The maximum atomic E-state index is 6.28. The van der Waals surface area contributed by atoms with Crippen LogP contribution in [0.4, 0.5) is 0 Å². The van der Waals surface area contributed by atoms with Gasteiger partial charge in [0.2, 0.25) is 0 Å². The van der Waals surface area contributed by atoms with Gasteiger partial charge >= 0.3 is 0 Å². The fraction of sp³-hybridized carbons (Fsp3) is 0.304. The molecule has 0 unspecified atom stereocenters. The Morgan fingerprint density at radius 2 is 1.86 bits per heavy atom. The van der Waals surface area contributed by atoms with Crippen LogP contribution in [0.2, 0.25) is 0 Å². The van der Waals surface area contributed by atoms with E-state index >= 15 is 0 Å². The van der Waals surface area contributed by atoms with Gasteiger partial charge in [0, 0.05) is 18.1 Å². The average molecular weight is 371 g/mol. The number of aliphatic imine (C=N–C) groups is 1. The van der Waals surface area contributed by atoms with Crippen molar-refractivity contribution in [2.24, 2.45) is 10.7 Å². The molecule has 2 aliphatic rings. The highest BCUT2D eigenvalue weighted by atomic mass is 15.3. The van der Waals surface area contributed by atoms with E-state index < -0.39 is 5.54 Å². The third kappa shape index (κ3) is 2.53. The summed E-state index contributed by atoms with van der Waals surface area (Å²) in [5.74, 6) is 1.23. The summed E-state index contributed by atoms with van der Waals surface area (Å²) in [5.41, 5.74) is 11.4. The van der Waals surface area contributed by atoms with E-state index in [1.165, 1.54) is 24.0 Å². The van der Waals surface area contributed by atoms with Crippen LogP contribution in [0.1, 0.15) is 48.3 Å². The van der Waals surface area contributed by atoms with Gasteiger partial charge in [-0.15, -0.1) is 0 Å². The van der Waals surface area contributed by atoms with Gasteiger partial charge in [0.15, 0.2) is 5.96 Å². The molecule has 2 atom stereocenters. The Bertz CT molecular complexity index is 1090. The van der Waals surface area contributed by atoms with Gasteiger partial charge < -0.3 is 10.6 Å². The number of hydrogen-bond acceptors (Lipinski definition) is 4. The molecule has 28 heavy (non-hydrogen) atoms. The summed E-state index contributed by atoms with van der Waals surface area (Å²) >= 11 is 0. The molecule has 1 aliphatic heterocycles. The smallest absolute Gasteiger partial charge is 0.196 e. The van der Waals surface area contributed by atoms with Crippen molar-refractivity contribution in [2.75, 3.05) is 7.05 Å². The van der Waals surface area contributed by atoms with Gasteiger partial charge in [-0.25, -0.2) is 4.99 Å². The van der Waals surface area contributed by atoms with Gasteiger partial charge in [0.05, 0.1) is 23.2 Å². The van der Waals surface area contributed by atoms with Crippen LogP contribution in [0.5, 0.6) is 0 Å². The van der Waals surface area contributed by atoms with Gasteiger partial charge in [0.25, 0.3) is 0 Å². The zero-order valence-electron chi connectivity index (χ0n) is 16.3. The number of rotatable bonds is 3. The molecule has 1 aromatic heterocycles. The molecular weight excluding hydrogens is 346 g/mol. The first-order chi connectivity index (χ1) is 13.5. The molecule has 1 fully saturated rings. The molecule has 2 aromatic carbocycles. The van der Waals surface area contributed by atoms with Gasteiger partial charge in [-0.3, -0.25) is 5.10 Å². The van der Waals surface area contributed by atoms with Crippen LogP contribution in [0.25, 0.3) is 10.9 Å². The van der Waals surface area contributed by atoms with Crippen molar-refractivity contribution in [3.05, 3.63) is 77.6 Å². The number of aromatic nitrogens is 2. The molecule has 3 aromatic rings. The lowest BCUT2D eigenvalue weighted by molar-refractivity contribution is 0.350. The minimum Gasteiger partial charge on any atom is -0.370 e. The topological polar surface area (TPSA) is 70.3 Å². The highest BCUT2D eigenvalue weighted by Gasteiger charge is 2.44. The molecule has 2 heterocycles. The Hall–Kier alpha value is -3.08. The Morgan fingerprint density at radius 3 is 2.57 bits per heavy atom. The maximum absolute atomic E-state index is 6.28. The predicted molar refractivity (Wildman–Crippen MR) is 113 cm³/mol. The number of likely N-dealkylation sites (N-methyl/N-ethyl adjacent to an activating group) is 1. The van der Waals surface area contributed by atoms with E-state index in [1.54, 1.807) is 0 Å². The number of nitrogens with zero attached hydrogens (tertiary/aromatic N) is 3. The second kappa shape index (κ2) is 5.96. The molecule has 3 N–H and O–H groups in total. The lowest BCUT2D eigenvalue weighted by atomic mass is 9.73. The van der Waals surface area contributed by atoms with Crippen molar-refractivity contribution in [3.8, 4) is 0 Å². The first-order valence-corrected chi connectivity index (χ1v) is 9.78. The Labute approximate surface area is 165 Å². The fourth-order valence-corrected chi connectivity index (χ4v) is 4.42. The number of hydrogen-bond donors (Lipinski definition) is 2. The number of benzene rings is 2. The van der Waals surface area contributed by atoms with Crippen molar-refractivity contribution >= 4 is 16.9 Å². The molecule has 0 saturated heterocycles. The number of nitrogens with two attached hydrogens (primary N) is 1. The SMILES string of the molecule is C=C1[C@H](c2ccc(C3CC3)cc2)[C@@](C)(c2ccc3cn[nH]c3c2)N=C(N)N1C. The van der Waals surface area contributed by atoms with Crippen molar-refractivity contribution in [1.29, 1.82) is 0 Å². The summed E-state index contributed by atoms with van der Waals surface area (Å²) in [6.07, 6.45) is 4.45. The molecule has 142 valence electrons. The Kier molecular flexibility index (Phi) is 3.63. The number of H-pyrrole nitrogens is 1. The monoisotopic (exact) mass is 371 g/mol. The Balaban J connectivity index is 1.65. The normalized spacial score (nSPS) is 25.2. The highest BCUT2D eigenvalue weighted by molar-refractivity contribution is 5.83. The number of nitrogens with one attached hydrogen (secondary N) is 1. The summed E-state index contributed by atoms with van der Waals surface area (Å²) in [5, 5.41) is 8.30. The summed E-state index contributed by atoms with van der Waals surface area (Å²) in [4.78, 5) is 6.86. The zero-order valence-corrected chi connectivity index (χ0v) is 16.3. The van der Waals surface area contributed by atoms with E-state index in [0.29, 0.717) is 5.96 Å². The van der Waals surface area contributed by atoms with Gasteiger partial charge in [-0.2, -0.15) is 5.10 Å². The van der Waals surface area contributed by atoms with Crippen molar-refractivity contribution in [3.63, 3.8) is 0 Å². The minimum absolute atomic E-state index is 0.00146. The quantitative estimate of drug-likeness (QED) is 0.724. The maximum Gasteiger partial charge on any atom is 0.196 e. The van der Waals surface area contributed by atoms with Crippen LogP contribution in [-0.2, 0) is 5.54 Å². The van der Waals surface area contributed by atoms with Crippen LogP contribution in [0, 0.1) is 0 Å². The van der Waals surface area contributed by atoms with Crippen LogP contribution < -0.4 is 5.73 Å². The summed E-state index contributed by atoms with van der Waals surface area (Å²) in [6, 6.07) is 15.3. The molecule has 5 rings (SSSR count).